The second-order valence-corrected chi connectivity index (χ2v) is 16.4. The maximum absolute atomic E-state index is 9.97. The standard InChI is InChI=1S/C51H38N4O2/c1-50(2,3)45-43(33-25-21-31(29-52)22-26-33)48(54-36-14-6-9-17-39(36)56-40-18-10-7-15-37(40)54)46-49(44(45)34-27-23-32(30-53)24-28-34)55-38-16-8-11-19-41(38)57-42-20-12-13-35(47(42)55)51(46,4)5/h6-28H,1-5H3. The monoisotopic (exact) mass is 738 g/mol. The van der Waals surface area contributed by atoms with Crippen molar-refractivity contribution in [2.75, 3.05) is 9.80 Å². The molecular formula is C51H38N4O2. The highest BCUT2D eigenvalue weighted by Gasteiger charge is 2.48. The van der Waals surface area contributed by atoms with Crippen molar-refractivity contribution in [1.82, 2.24) is 0 Å². The number of ether oxygens (including phenoxy) is 2. The van der Waals surface area contributed by atoms with Crippen LogP contribution in [-0.4, -0.2) is 0 Å². The maximum atomic E-state index is 9.97. The van der Waals surface area contributed by atoms with E-state index in [4.69, 9.17) is 9.47 Å². The zero-order chi connectivity index (χ0) is 39.2. The Labute approximate surface area is 333 Å². The molecule has 0 atom stereocenters. The van der Waals surface area contributed by atoms with E-state index in [1.165, 1.54) is 0 Å². The lowest BCUT2D eigenvalue weighted by Crippen LogP contribution is -2.36. The molecule has 274 valence electrons. The predicted molar refractivity (Wildman–Crippen MR) is 227 cm³/mol. The Morgan fingerprint density at radius 1 is 0.491 bits per heavy atom. The van der Waals surface area contributed by atoms with Crippen LogP contribution in [0.1, 0.15) is 62.4 Å². The van der Waals surface area contributed by atoms with Crippen LogP contribution in [0, 0.1) is 22.7 Å². The zero-order valence-electron chi connectivity index (χ0n) is 32.4. The molecule has 0 spiro atoms. The third-order valence-corrected chi connectivity index (χ3v) is 11.5. The van der Waals surface area contributed by atoms with Gasteiger partial charge in [-0.15, -0.1) is 0 Å². The average Bonchev–Trinajstić information content (AvgIpc) is 3.23. The van der Waals surface area contributed by atoms with Gasteiger partial charge in [0.25, 0.3) is 0 Å². The predicted octanol–water partition coefficient (Wildman–Crippen LogP) is 13.9. The van der Waals surface area contributed by atoms with Gasteiger partial charge in [0.2, 0.25) is 0 Å². The Balaban J connectivity index is 1.50. The van der Waals surface area contributed by atoms with E-state index in [9.17, 15) is 10.5 Å². The van der Waals surface area contributed by atoms with Crippen LogP contribution in [0.15, 0.2) is 140 Å². The molecule has 0 radical (unpaired) electrons. The highest BCUT2D eigenvalue weighted by atomic mass is 16.5. The number of anilines is 6. The summed E-state index contributed by atoms with van der Waals surface area (Å²) in [6.45, 7) is 11.5. The fraction of sp³-hybridized carbons (Fsp3) is 0.137. The number of rotatable bonds is 3. The lowest BCUT2D eigenvalue weighted by molar-refractivity contribution is 0.471. The van der Waals surface area contributed by atoms with E-state index >= 15 is 0 Å². The minimum Gasteiger partial charge on any atom is -0.453 e. The van der Waals surface area contributed by atoms with E-state index in [-0.39, 0.29) is 0 Å². The molecule has 0 aromatic heterocycles. The summed E-state index contributed by atoms with van der Waals surface area (Å²) >= 11 is 0. The SMILES string of the molecule is CC(C)(C)c1c(-c2ccc(C#N)cc2)c(N2c3ccccc3Oc3ccccc32)c2c(c1-c1ccc(C#N)cc1)N1c3ccccc3Oc3cccc(c31)C2(C)C. The van der Waals surface area contributed by atoms with E-state index in [2.05, 4.69) is 135 Å². The van der Waals surface area contributed by atoms with Crippen LogP contribution in [-0.2, 0) is 10.8 Å². The van der Waals surface area contributed by atoms with Crippen LogP contribution in [0.25, 0.3) is 22.3 Å². The topological polar surface area (TPSA) is 72.5 Å². The number of hydrogen-bond acceptors (Lipinski definition) is 6. The summed E-state index contributed by atoms with van der Waals surface area (Å²) in [7, 11) is 0. The second-order valence-electron chi connectivity index (χ2n) is 16.4. The lowest BCUT2D eigenvalue weighted by atomic mass is 9.66. The number of para-hydroxylation sites is 7. The summed E-state index contributed by atoms with van der Waals surface area (Å²) in [4.78, 5) is 4.83. The van der Waals surface area contributed by atoms with Gasteiger partial charge in [-0.2, -0.15) is 10.5 Å². The van der Waals surface area contributed by atoms with Crippen molar-refractivity contribution in [3.8, 4) is 57.4 Å². The van der Waals surface area contributed by atoms with E-state index in [1.807, 2.05) is 60.7 Å². The molecule has 7 aromatic rings. The van der Waals surface area contributed by atoms with Gasteiger partial charge in [-0.05, 0) is 94.4 Å². The van der Waals surface area contributed by atoms with Crippen LogP contribution in [0.5, 0.6) is 23.0 Å². The number of nitriles is 2. The molecule has 3 heterocycles. The van der Waals surface area contributed by atoms with Gasteiger partial charge in [0.1, 0.15) is 0 Å². The smallest absolute Gasteiger partial charge is 0.151 e. The molecule has 3 aliphatic heterocycles. The quantitative estimate of drug-likeness (QED) is 0.180. The molecule has 6 nitrogen and oxygen atoms in total. The van der Waals surface area contributed by atoms with Gasteiger partial charge >= 0.3 is 0 Å². The van der Waals surface area contributed by atoms with Crippen molar-refractivity contribution in [3.63, 3.8) is 0 Å². The fourth-order valence-corrected chi connectivity index (χ4v) is 9.12. The zero-order valence-corrected chi connectivity index (χ0v) is 32.4. The number of fused-ring (bicyclic) bond motifs is 6. The molecule has 0 N–H and O–H groups in total. The third-order valence-electron chi connectivity index (χ3n) is 11.5. The Morgan fingerprint density at radius 3 is 1.39 bits per heavy atom. The fourth-order valence-electron chi connectivity index (χ4n) is 9.12. The van der Waals surface area contributed by atoms with Gasteiger partial charge in [-0.25, -0.2) is 0 Å². The van der Waals surface area contributed by atoms with Crippen molar-refractivity contribution >= 4 is 34.1 Å². The molecule has 0 amide bonds. The minimum atomic E-state index is -0.594. The summed E-state index contributed by atoms with van der Waals surface area (Å²) in [6, 6.07) is 51.9. The first-order valence-corrected chi connectivity index (χ1v) is 19.2. The highest BCUT2D eigenvalue weighted by Crippen LogP contribution is 2.68. The highest BCUT2D eigenvalue weighted by molar-refractivity contribution is 6.09. The van der Waals surface area contributed by atoms with E-state index in [0.717, 1.165) is 96.1 Å². The molecule has 0 saturated heterocycles. The molecule has 0 aliphatic carbocycles. The van der Waals surface area contributed by atoms with Gasteiger partial charge in [0.05, 0.1) is 57.4 Å². The van der Waals surface area contributed by atoms with Gasteiger partial charge in [-0.1, -0.05) is 107 Å². The summed E-state index contributed by atoms with van der Waals surface area (Å²) in [5.41, 5.74) is 13.6. The minimum absolute atomic E-state index is 0.433. The van der Waals surface area contributed by atoms with Crippen LogP contribution >= 0.6 is 0 Å². The van der Waals surface area contributed by atoms with Gasteiger partial charge < -0.3 is 19.3 Å². The number of benzene rings is 7. The summed E-state index contributed by atoms with van der Waals surface area (Å²) in [5.74, 6) is 3.10. The van der Waals surface area contributed by atoms with E-state index in [0.29, 0.717) is 11.1 Å². The van der Waals surface area contributed by atoms with Crippen molar-refractivity contribution in [1.29, 1.82) is 10.5 Å². The van der Waals surface area contributed by atoms with Gasteiger partial charge in [0.15, 0.2) is 23.0 Å². The van der Waals surface area contributed by atoms with E-state index < -0.39 is 10.8 Å². The van der Waals surface area contributed by atoms with Crippen molar-refractivity contribution in [2.24, 2.45) is 0 Å². The molecule has 57 heavy (non-hydrogen) atoms. The van der Waals surface area contributed by atoms with Crippen molar-refractivity contribution < 1.29 is 9.47 Å². The largest absolute Gasteiger partial charge is 0.453 e. The maximum Gasteiger partial charge on any atom is 0.151 e. The summed E-state index contributed by atoms with van der Waals surface area (Å²) in [5, 5.41) is 19.9. The lowest BCUT2D eigenvalue weighted by Gasteiger charge is -2.50. The molecular weight excluding hydrogens is 701 g/mol. The molecule has 0 fully saturated rings. The Hall–Kier alpha value is -7.28. The molecule has 7 aromatic carbocycles. The Morgan fingerprint density at radius 2 is 0.912 bits per heavy atom. The Kier molecular flexibility index (Phi) is 7.43. The van der Waals surface area contributed by atoms with Crippen LogP contribution in [0.3, 0.4) is 0 Å². The van der Waals surface area contributed by atoms with Crippen LogP contribution in [0.2, 0.25) is 0 Å². The molecule has 10 rings (SSSR count). The van der Waals surface area contributed by atoms with Gasteiger partial charge in [0, 0.05) is 22.1 Å². The summed E-state index contributed by atoms with van der Waals surface area (Å²) in [6.07, 6.45) is 0. The van der Waals surface area contributed by atoms with Crippen LogP contribution < -0.4 is 19.3 Å². The number of nitrogens with zero attached hydrogens (tertiary/aromatic N) is 4. The number of hydrogen-bond donors (Lipinski definition) is 0. The van der Waals surface area contributed by atoms with Crippen molar-refractivity contribution in [2.45, 2.75) is 45.4 Å². The van der Waals surface area contributed by atoms with Crippen LogP contribution in [0.4, 0.5) is 34.1 Å². The average molecular weight is 739 g/mol. The summed E-state index contributed by atoms with van der Waals surface area (Å²) < 4.78 is 13.4. The normalized spacial score (nSPS) is 14.0. The van der Waals surface area contributed by atoms with Crippen molar-refractivity contribution in [3.05, 3.63) is 167 Å². The van der Waals surface area contributed by atoms with E-state index in [1.54, 1.807) is 0 Å². The molecule has 0 unspecified atom stereocenters. The molecule has 0 bridgehead atoms. The second kappa shape index (κ2) is 12.4. The first-order valence-electron chi connectivity index (χ1n) is 19.2. The first kappa shape index (κ1) is 34.2. The third kappa shape index (κ3) is 5.01. The first-order chi connectivity index (χ1) is 27.6. The molecule has 6 heteroatoms. The Bertz CT molecular complexity index is 2840. The van der Waals surface area contributed by atoms with Gasteiger partial charge in [-0.3, -0.25) is 0 Å². The molecule has 3 aliphatic rings. The molecule has 0 saturated carbocycles.